The third-order valence-electron chi connectivity index (χ3n) is 8.47. The van der Waals surface area contributed by atoms with Gasteiger partial charge in [-0.05, 0) is 41.4 Å². The minimum atomic E-state index is 0.518. The van der Waals surface area contributed by atoms with E-state index in [1.54, 1.807) is 0 Å². The normalized spacial score (nSPS) is 27.1. The van der Waals surface area contributed by atoms with Gasteiger partial charge in [-0.3, -0.25) is 0 Å². The van der Waals surface area contributed by atoms with E-state index in [9.17, 15) is 0 Å². The highest BCUT2D eigenvalue weighted by Gasteiger charge is 2.25. The Morgan fingerprint density at radius 2 is 1.28 bits per heavy atom. The Morgan fingerprint density at radius 1 is 0.690 bits per heavy atom. The van der Waals surface area contributed by atoms with E-state index in [1.165, 1.54) is 103 Å². The summed E-state index contributed by atoms with van der Waals surface area (Å²) in [5, 5.41) is 0. The van der Waals surface area contributed by atoms with E-state index in [0.717, 1.165) is 29.6 Å². The minimum Gasteiger partial charge on any atom is -0.0628 e. The standard InChI is InChI=1S/C29H58/c1-24(2)14-12-16-27(5)29(6,7)23-13-18-28-17-11-9-8-10-15-25(3)19-20-26(4)21-22-28/h24-28H,8-23H2,1-7H3. The summed E-state index contributed by atoms with van der Waals surface area (Å²) in [4.78, 5) is 0. The summed E-state index contributed by atoms with van der Waals surface area (Å²) in [6.45, 7) is 17.3. The number of rotatable bonds is 9. The molecule has 1 aliphatic rings. The van der Waals surface area contributed by atoms with Crippen LogP contribution in [0.25, 0.3) is 0 Å². The second-order valence-electron chi connectivity index (χ2n) is 12.3. The highest BCUT2D eigenvalue weighted by Crippen LogP contribution is 2.37. The monoisotopic (exact) mass is 406 g/mol. The van der Waals surface area contributed by atoms with E-state index in [1.807, 2.05) is 0 Å². The van der Waals surface area contributed by atoms with Gasteiger partial charge in [0.15, 0.2) is 0 Å². The summed E-state index contributed by atoms with van der Waals surface area (Å²) in [6.07, 6.45) is 23.4. The Hall–Kier alpha value is 0. The molecule has 0 amide bonds. The Labute approximate surface area is 186 Å². The molecule has 0 aromatic carbocycles. The first kappa shape index (κ1) is 27.0. The lowest BCUT2D eigenvalue weighted by molar-refractivity contribution is 0.182. The van der Waals surface area contributed by atoms with Crippen LogP contribution in [-0.4, -0.2) is 0 Å². The third kappa shape index (κ3) is 13.1. The van der Waals surface area contributed by atoms with Crippen molar-refractivity contribution in [3.8, 4) is 0 Å². The average molecular weight is 407 g/mol. The number of hydrogen-bond donors (Lipinski definition) is 0. The largest absolute Gasteiger partial charge is 0.0628 e. The van der Waals surface area contributed by atoms with Gasteiger partial charge in [0.2, 0.25) is 0 Å². The van der Waals surface area contributed by atoms with Crippen LogP contribution >= 0.6 is 0 Å². The molecule has 0 N–H and O–H groups in total. The topological polar surface area (TPSA) is 0 Å². The molecule has 174 valence electrons. The average Bonchev–Trinajstić information content (AvgIpc) is 2.66. The maximum Gasteiger partial charge on any atom is -0.0329 e. The smallest absolute Gasteiger partial charge is 0.0329 e. The summed E-state index contributed by atoms with van der Waals surface area (Å²) in [5.74, 6) is 4.63. The minimum absolute atomic E-state index is 0.518. The lowest BCUT2D eigenvalue weighted by Crippen LogP contribution is -2.22. The zero-order valence-electron chi connectivity index (χ0n) is 21.7. The molecule has 29 heavy (non-hydrogen) atoms. The van der Waals surface area contributed by atoms with Gasteiger partial charge < -0.3 is 0 Å². The van der Waals surface area contributed by atoms with E-state index in [-0.39, 0.29) is 0 Å². The van der Waals surface area contributed by atoms with E-state index < -0.39 is 0 Å². The highest BCUT2D eigenvalue weighted by atomic mass is 14.3. The van der Waals surface area contributed by atoms with Crippen LogP contribution in [0.5, 0.6) is 0 Å². The first-order valence-electron chi connectivity index (χ1n) is 13.7. The van der Waals surface area contributed by atoms with E-state index in [2.05, 4.69) is 48.5 Å². The molecular formula is C29H58. The SMILES string of the molecule is CC(C)CCCC(C)C(C)(C)CCCC1CCCCCCC(C)CCC(C)CC1. The Morgan fingerprint density at radius 3 is 1.93 bits per heavy atom. The summed E-state index contributed by atoms with van der Waals surface area (Å²) in [7, 11) is 0. The molecule has 0 bridgehead atoms. The quantitative estimate of drug-likeness (QED) is 0.357. The predicted molar refractivity (Wildman–Crippen MR) is 133 cm³/mol. The molecule has 1 aliphatic carbocycles. The van der Waals surface area contributed by atoms with Crippen molar-refractivity contribution in [3.63, 3.8) is 0 Å². The summed E-state index contributed by atoms with van der Waals surface area (Å²) in [6, 6.07) is 0. The van der Waals surface area contributed by atoms with Crippen molar-refractivity contribution in [1.82, 2.24) is 0 Å². The molecule has 0 radical (unpaired) electrons. The van der Waals surface area contributed by atoms with E-state index in [0.29, 0.717) is 5.41 Å². The van der Waals surface area contributed by atoms with Gasteiger partial charge in [-0.1, -0.05) is 145 Å². The van der Waals surface area contributed by atoms with E-state index in [4.69, 9.17) is 0 Å². The van der Waals surface area contributed by atoms with Gasteiger partial charge in [0.05, 0.1) is 0 Å². The van der Waals surface area contributed by atoms with Crippen LogP contribution in [0.2, 0.25) is 0 Å². The molecule has 1 fully saturated rings. The van der Waals surface area contributed by atoms with Gasteiger partial charge in [0.25, 0.3) is 0 Å². The summed E-state index contributed by atoms with van der Waals surface area (Å²) in [5.41, 5.74) is 0.518. The lowest BCUT2D eigenvalue weighted by atomic mass is 9.73. The molecule has 0 spiro atoms. The molecule has 0 heterocycles. The highest BCUT2D eigenvalue weighted by molar-refractivity contribution is 4.76. The van der Waals surface area contributed by atoms with Crippen LogP contribution in [0.15, 0.2) is 0 Å². The fourth-order valence-corrected chi connectivity index (χ4v) is 5.41. The summed E-state index contributed by atoms with van der Waals surface area (Å²) < 4.78 is 0. The van der Waals surface area contributed by atoms with E-state index >= 15 is 0 Å². The zero-order chi connectivity index (χ0) is 21.7. The van der Waals surface area contributed by atoms with Gasteiger partial charge in [0.1, 0.15) is 0 Å². The predicted octanol–water partition coefficient (Wildman–Crippen LogP) is 10.4. The first-order valence-corrected chi connectivity index (χ1v) is 13.7. The molecule has 0 saturated heterocycles. The van der Waals surface area contributed by atoms with Crippen LogP contribution in [-0.2, 0) is 0 Å². The van der Waals surface area contributed by atoms with Crippen LogP contribution in [0.3, 0.4) is 0 Å². The Bertz CT molecular complexity index is 379. The van der Waals surface area contributed by atoms with Crippen molar-refractivity contribution in [2.75, 3.05) is 0 Å². The van der Waals surface area contributed by atoms with Gasteiger partial charge in [0, 0.05) is 0 Å². The third-order valence-corrected chi connectivity index (χ3v) is 8.47. The Balaban J connectivity index is 2.41. The van der Waals surface area contributed by atoms with Crippen LogP contribution in [0.4, 0.5) is 0 Å². The van der Waals surface area contributed by atoms with Gasteiger partial charge >= 0.3 is 0 Å². The van der Waals surface area contributed by atoms with Crippen LogP contribution < -0.4 is 0 Å². The van der Waals surface area contributed by atoms with Crippen molar-refractivity contribution in [3.05, 3.63) is 0 Å². The van der Waals surface area contributed by atoms with Crippen molar-refractivity contribution in [1.29, 1.82) is 0 Å². The molecule has 4 unspecified atom stereocenters. The van der Waals surface area contributed by atoms with Crippen molar-refractivity contribution in [2.45, 2.75) is 151 Å². The molecule has 1 saturated carbocycles. The van der Waals surface area contributed by atoms with Gasteiger partial charge in [-0.25, -0.2) is 0 Å². The molecule has 0 nitrogen and oxygen atoms in total. The zero-order valence-corrected chi connectivity index (χ0v) is 21.7. The lowest BCUT2D eigenvalue weighted by Gasteiger charge is -2.33. The van der Waals surface area contributed by atoms with Gasteiger partial charge in [-0.2, -0.15) is 0 Å². The van der Waals surface area contributed by atoms with Crippen molar-refractivity contribution in [2.24, 2.45) is 35.0 Å². The number of hydrogen-bond acceptors (Lipinski definition) is 0. The Kier molecular flexibility index (Phi) is 13.9. The molecule has 1 rings (SSSR count). The second-order valence-corrected chi connectivity index (χ2v) is 12.3. The fourth-order valence-electron chi connectivity index (χ4n) is 5.41. The van der Waals surface area contributed by atoms with Crippen molar-refractivity contribution >= 4 is 0 Å². The first-order chi connectivity index (χ1) is 13.7. The van der Waals surface area contributed by atoms with Crippen LogP contribution in [0, 0.1) is 35.0 Å². The van der Waals surface area contributed by atoms with Crippen LogP contribution in [0.1, 0.15) is 151 Å². The fraction of sp³-hybridized carbons (Fsp3) is 1.00. The molecule has 0 aromatic rings. The maximum atomic E-state index is 2.54. The maximum absolute atomic E-state index is 2.54. The molecular weight excluding hydrogens is 348 g/mol. The van der Waals surface area contributed by atoms with Crippen molar-refractivity contribution < 1.29 is 0 Å². The molecule has 0 aromatic heterocycles. The second kappa shape index (κ2) is 14.9. The molecule has 0 heteroatoms. The summed E-state index contributed by atoms with van der Waals surface area (Å²) >= 11 is 0. The molecule has 0 aliphatic heterocycles. The van der Waals surface area contributed by atoms with Gasteiger partial charge in [-0.15, -0.1) is 0 Å². The molecule has 4 atom stereocenters.